The molecule has 0 spiro atoms. The van der Waals surface area contributed by atoms with E-state index in [0.717, 1.165) is 39.1 Å². The smallest absolute Gasteiger partial charge is 0.127 e. The van der Waals surface area contributed by atoms with Crippen LogP contribution in [0.2, 0.25) is 0 Å². The third-order valence-corrected chi connectivity index (χ3v) is 5.70. The van der Waals surface area contributed by atoms with Crippen molar-refractivity contribution >= 4 is 21.5 Å². The van der Waals surface area contributed by atoms with Gasteiger partial charge in [-0.05, 0) is 17.2 Å². The standard InChI is InChI=1S/C24H22O2/c1-3-24(2,20-14-12-16-8-4-6-10-18(16)22(20)25)21-15-13-17-9-5-7-11-19(17)23(21)26/h4-15,25-26H,3H2,1-2H3. The summed E-state index contributed by atoms with van der Waals surface area (Å²) in [5, 5.41) is 25.7. The van der Waals surface area contributed by atoms with Crippen molar-refractivity contribution in [1.82, 2.24) is 0 Å². The molecular formula is C24H22O2. The first kappa shape index (κ1) is 16.5. The molecule has 130 valence electrons. The lowest BCUT2D eigenvalue weighted by molar-refractivity contribution is 0.426. The molecule has 0 aromatic heterocycles. The minimum atomic E-state index is -0.498. The minimum Gasteiger partial charge on any atom is -0.507 e. The summed E-state index contributed by atoms with van der Waals surface area (Å²) in [4.78, 5) is 0. The molecule has 4 aromatic carbocycles. The van der Waals surface area contributed by atoms with Crippen molar-refractivity contribution in [2.45, 2.75) is 25.7 Å². The van der Waals surface area contributed by atoms with E-state index in [4.69, 9.17) is 0 Å². The Kier molecular flexibility index (Phi) is 3.84. The molecule has 0 saturated heterocycles. The van der Waals surface area contributed by atoms with E-state index in [2.05, 4.69) is 13.8 Å². The number of phenols is 2. The summed E-state index contributed by atoms with van der Waals surface area (Å²) < 4.78 is 0. The van der Waals surface area contributed by atoms with Crippen molar-refractivity contribution in [3.8, 4) is 11.5 Å². The van der Waals surface area contributed by atoms with Crippen molar-refractivity contribution in [2.24, 2.45) is 0 Å². The van der Waals surface area contributed by atoms with Gasteiger partial charge in [-0.25, -0.2) is 0 Å². The Labute approximate surface area is 153 Å². The minimum absolute atomic E-state index is 0.292. The van der Waals surface area contributed by atoms with Gasteiger partial charge < -0.3 is 10.2 Å². The average Bonchev–Trinajstić information content (AvgIpc) is 2.68. The molecule has 0 amide bonds. The molecule has 0 aliphatic carbocycles. The second-order valence-corrected chi connectivity index (χ2v) is 7.05. The van der Waals surface area contributed by atoms with Gasteiger partial charge in [0.2, 0.25) is 0 Å². The topological polar surface area (TPSA) is 40.5 Å². The quantitative estimate of drug-likeness (QED) is 0.471. The van der Waals surface area contributed by atoms with Gasteiger partial charge in [-0.3, -0.25) is 0 Å². The Balaban J connectivity index is 1.99. The van der Waals surface area contributed by atoms with Crippen molar-refractivity contribution in [1.29, 1.82) is 0 Å². The van der Waals surface area contributed by atoms with Gasteiger partial charge in [-0.1, -0.05) is 86.6 Å². The van der Waals surface area contributed by atoms with E-state index in [1.54, 1.807) is 0 Å². The normalized spacial score (nSPS) is 11.9. The molecule has 4 rings (SSSR count). The number of fused-ring (bicyclic) bond motifs is 2. The molecule has 0 bridgehead atoms. The van der Waals surface area contributed by atoms with Crippen LogP contribution in [0.15, 0.2) is 72.8 Å². The maximum Gasteiger partial charge on any atom is 0.127 e. The van der Waals surface area contributed by atoms with E-state index < -0.39 is 5.41 Å². The highest BCUT2D eigenvalue weighted by Gasteiger charge is 2.33. The third-order valence-electron chi connectivity index (χ3n) is 5.70. The average molecular weight is 342 g/mol. The summed E-state index contributed by atoms with van der Waals surface area (Å²) in [6, 6.07) is 23.7. The number of rotatable bonds is 3. The number of benzene rings is 4. The third kappa shape index (κ3) is 2.33. The lowest BCUT2D eigenvalue weighted by atomic mass is 9.72. The Morgan fingerprint density at radius 3 is 1.50 bits per heavy atom. The van der Waals surface area contributed by atoms with Gasteiger partial charge >= 0.3 is 0 Å². The van der Waals surface area contributed by atoms with Crippen LogP contribution in [0.3, 0.4) is 0 Å². The fourth-order valence-corrected chi connectivity index (χ4v) is 3.93. The van der Waals surface area contributed by atoms with Crippen LogP contribution >= 0.6 is 0 Å². The van der Waals surface area contributed by atoms with Crippen molar-refractivity contribution in [3.63, 3.8) is 0 Å². The van der Waals surface area contributed by atoms with Gasteiger partial charge in [-0.2, -0.15) is 0 Å². The monoisotopic (exact) mass is 342 g/mol. The largest absolute Gasteiger partial charge is 0.507 e. The first-order valence-corrected chi connectivity index (χ1v) is 8.98. The molecule has 0 heterocycles. The van der Waals surface area contributed by atoms with Crippen LogP contribution in [-0.4, -0.2) is 10.2 Å². The summed E-state index contributed by atoms with van der Waals surface area (Å²) in [5.41, 5.74) is 1.18. The molecule has 2 nitrogen and oxygen atoms in total. The van der Waals surface area contributed by atoms with Crippen LogP contribution in [-0.2, 0) is 5.41 Å². The van der Waals surface area contributed by atoms with Crippen molar-refractivity contribution < 1.29 is 10.2 Å². The second kappa shape index (κ2) is 6.06. The van der Waals surface area contributed by atoms with Crippen LogP contribution in [0.5, 0.6) is 11.5 Å². The second-order valence-electron chi connectivity index (χ2n) is 7.05. The molecule has 0 aliphatic rings. The molecular weight excluding hydrogens is 320 g/mol. The maximum absolute atomic E-state index is 11.0. The van der Waals surface area contributed by atoms with E-state index in [0.29, 0.717) is 11.5 Å². The predicted octanol–water partition coefficient (Wildman–Crippen LogP) is 6.12. The zero-order valence-electron chi connectivity index (χ0n) is 15.0. The van der Waals surface area contributed by atoms with E-state index in [9.17, 15) is 10.2 Å². The molecule has 2 N–H and O–H groups in total. The van der Waals surface area contributed by atoms with Crippen LogP contribution < -0.4 is 0 Å². The van der Waals surface area contributed by atoms with Crippen LogP contribution in [0.4, 0.5) is 0 Å². The van der Waals surface area contributed by atoms with E-state index in [1.807, 2.05) is 72.8 Å². The van der Waals surface area contributed by atoms with E-state index >= 15 is 0 Å². The number of phenolic OH excluding ortho intramolecular Hbond substituents is 2. The van der Waals surface area contributed by atoms with Gasteiger partial charge in [0, 0.05) is 27.3 Å². The fourth-order valence-electron chi connectivity index (χ4n) is 3.93. The summed E-state index contributed by atoms with van der Waals surface area (Å²) in [6.07, 6.45) is 0.755. The lowest BCUT2D eigenvalue weighted by Gasteiger charge is -2.32. The predicted molar refractivity (Wildman–Crippen MR) is 108 cm³/mol. The fraction of sp³-hybridized carbons (Fsp3) is 0.167. The molecule has 0 unspecified atom stereocenters. The molecule has 0 atom stereocenters. The van der Waals surface area contributed by atoms with Gasteiger partial charge in [0.15, 0.2) is 0 Å². The van der Waals surface area contributed by atoms with E-state index in [1.165, 1.54) is 0 Å². The Morgan fingerprint density at radius 1 is 0.654 bits per heavy atom. The summed E-state index contributed by atoms with van der Waals surface area (Å²) in [7, 11) is 0. The highest BCUT2D eigenvalue weighted by Crippen LogP contribution is 2.47. The van der Waals surface area contributed by atoms with Crippen molar-refractivity contribution in [3.05, 3.63) is 83.9 Å². The van der Waals surface area contributed by atoms with Gasteiger partial charge in [-0.15, -0.1) is 0 Å². The number of aromatic hydroxyl groups is 2. The van der Waals surface area contributed by atoms with E-state index in [-0.39, 0.29) is 0 Å². The van der Waals surface area contributed by atoms with Crippen LogP contribution in [0.1, 0.15) is 31.4 Å². The highest BCUT2D eigenvalue weighted by atomic mass is 16.3. The molecule has 0 saturated carbocycles. The molecule has 0 aliphatic heterocycles. The zero-order chi connectivity index (χ0) is 18.3. The summed E-state index contributed by atoms with van der Waals surface area (Å²) in [6.45, 7) is 4.17. The number of hydrogen-bond acceptors (Lipinski definition) is 2. The molecule has 0 fully saturated rings. The zero-order valence-corrected chi connectivity index (χ0v) is 15.0. The molecule has 4 aromatic rings. The van der Waals surface area contributed by atoms with Gasteiger partial charge in [0.25, 0.3) is 0 Å². The Bertz CT molecular complexity index is 1030. The SMILES string of the molecule is CCC(C)(c1ccc2ccccc2c1O)c1ccc2ccccc2c1O. The van der Waals surface area contributed by atoms with Crippen LogP contribution in [0, 0.1) is 0 Å². The van der Waals surface area contributed by atoms with Crippen molar-refractivity contribution in [2.75, 3.05) is 0 Å². The maximum atomic E-state index is 11.0. The van der Waals surface area contributed by atoms with Gasteiger partial charge in [0.05, 0.1) is 0 Å². The summed E-state index contributed by atoms with van der Waals surface area (Å²) >= 11 is 0. The molecule has 0 radical (unpaired) electrons. The molecule has 26 heavy (non-hydrogen) atoms. The van der Waals surface area contributed by atoms with Crippen LogP contribution in [0.25, 0.3) is 21.5 Å². The highest BCUT2D eigenvalue weighted by molar-refractivity contribution is 5.92. The first-order valence-electron chi connectivity index (χ1n) is 8.98. The Morgan fingerprint density at radius 2 is 1.08 bits per heavy atom. The number of hydrogen-bond donors (Lipinski definition) is 2. The lowest BCUT2D eigenvalue weighted by Crippen LogP contribution is -2.23. The Hall–Kier alpha value is -3.00. The molecule has 2 heteroatoms. The summed E-state index contributed by atoms with van der Waals surface area (Å²) in [5.74, 6) is 0.583. The first-order chi connectivity index (χ1) is 12.6. The van der Waals surface area contributed by atoms with Gasteiger partial charge in [0.1, 0.15) is 11.5 Å².